The van der Waals surface area contributed by atoms with Crippen molar-refractivity contribution in [3.63, 3.8) is 0 Å². The molecule has 0 heterocycles. The van der Waals surface area contributed by atoms with Crippen LogP contribution < -0.4 is 15.5 Å². The maximum atomic E-state index is 11.7. The Morgan fingerprint density at radius 3 is 2.45 bits per heavy atom. The predicted molar refractivity (Wildman–Crippen MR) is 88.4 cm³/mol. The molecule has 1 amide bonds. The van der Waals surface area contributed by atoms with Crippen molar-refractivity contribution in [2.75, 3.05) is 19.0 Å². The standard InChI is InChI=1S/C17H19N3O2/c1-13-3-5-14(6-4-13)11-19-20-17(21)12-18-15-7-9-16(22-2)10-8-15/h3-11,18H,12H2,1-2H3,(H,20,21). The van der Waals surface area contributed by atoms with E-state index < -0.39 is 0 Å². The molecule has 0 fully saturated rings. The number of benzene rings is 2. The third kappa shape index (κ3) is 4.94. The van der Waals surface area contributed by atoms with Crippen LogP contribution in [0.1, 0.15) is 11.1 Å². The zero-order valence-corrected chi connectivity index (χ0v) is 12.7. The summed E-state index contributed by atoms with van der Waals surface area (Å²) in [5.74, 6) is 0.567. The van der Waals surface area contributed by atoms with Gasteiger partial charge in [-0.2, -0.15) is 5.10 Å². The van der Waals surface area contributed by atoms with Crippen LogP contribution in [0.25, 0.3) is 0 Å². The zero-order chi connectivity index (χ0) is 15.8. The fourth-order valence-electron chi connectivity index (χ4n) is 1.76. The summed E-state index contributed by atoms with van der Waals surface area (Å²) < 4.78 is 5.07. The van der Waals surface area contributed by atoms with Crippen molar-refractivity contribution in [2.45, 2.75) is 6.92 Å². The molecule has 5 heteroatoms. The van der Waals surface area contributed by atoms with E-state index in [0.29, 0.717) is 0 Å². The summed E-state index contributed by atoms with van der Waals surface area (Å²) >= 11 is 0. The number of ether oxygens (including phenoxy) is 1. The van der Waals surface area contributed by atoms with Crippen LogP contribution in [-0.2, 0) is 4.79 Å². The second-order valence-electron chi connectivity index (χ2n) is 4.79. The minimum Gasteiger partial charge on any atom is -0.497 e. The van der Waals surface area contributed by atoms with Crippen molar-refractivity contribution in [2.24, 2.45) is 5.10 Å². The average Bonchev–Trinajstić information content (AvgIpc) is 2.55. The number of carbonyl (C=O) groups is 1. The molecule has 2 N–H and O–H groups in total. The molecule has 0 radical (unpaired) electrons. The highest BCUT2D eigenvalue weighted by Gasteiger charge is 1.99. The molecule has 0 bridgehead atoms. The Morgan fingerprint density at radius 2 is 1.82 bits per heavy atom. The number of hydrazone groups is 1. The Balaban J connectivity index is 1.76. The van der Waals surface area contributed by atoms with Gasteiger partial charge in [0.05, 0.1) is 19.9 Å². The first kappa shape index (κ1) is 15.6. The molecule has 0 saturated heterocycles. The number of aryl methyl sites for hydroxylation is 1. The number of amides is 1. The van der Waals surface area contributed by atoms with Crippen LogP contribution in [0.15, 0.2) is 53.6 Å². The van der Waals surface area contributed by atoms with Crippen LogP contribution in [0, 0.1) is 6.92 Å². The Kier molecular flexibility index (Phi) is 5.54. The highest BCUT2D eigenvalue weighted by atomic mass is 16.5. The summed E-state index contributed by atoms with van der Waals surface area (Å²) in [6.07, 6.45) is 1.62. The molecule has 5 nitrogen and oxygen atoms in total. The smallest absolute Gasteiger partial charge is 0.259 e. The maximum absolute atomic E-state index is 11.7. The van der Waals surface area contributed by atoms with E-state index in [1.165, 1.54) is 5.56 Å². The van der Waals surface area contributed by atoms with E-state index in [1.54, 1.807) is 13.3 Å². The van der Waals surface area contributed by atoms with E-state index in [0.717, 1.165) is 17.0 Å². The molecule has 2 aromatic carbocycles. The van der Waals surface area contributed by atoms with Gasteiger partial charge in [0.15, 0.2) is 0 Å². The quantitative estimate of drug-likeness (QED) is 0.636. The molecule has 0 aromatic heterocycles. The summed E-state index contributed by atoms with van der Waals surface area (Å²) in [5, 5.41) is 6.94. The van der Waals surface area contributed by atoms with Crippen LogP contribution in [0.5, 0.6) is 5.75 Å². The van der Waals surface area contributed by atoms with E-state index in [9.17, 15) is 4.79 Å². The van der Waals surface area contributed by atoms with E-state index in [4.69, 9.17) is 4.74 Å². The molecule has 0 aliphatic carbocycles. The number of carbonyl (C=O) groups excluding carboxylic acids is 1. The van der Waals surface area contributed by atoms with Gasteiger partial charge in [-0.15, -0.1) is 0 Å². The van der Waals surface area contributed by atoms with E-state index in [2.05, 4.69) is 15.8 Å². The van der Waals surface area contributed by atoms with Crippen LogP contribution in [0.4, 0.5) is 5.69 Å². The van der Waals surface area contributed by atoms with Crippen molar-refractivity contribution in [3.05, 3.63) is 59.7 Å². The van der Waals surface area contributed by atoms with Gasteiger partial charge in [0.1, 0.15) is 5.75 Å². The Bertz CT molecular complexity index is 634. The molecule has 22 heavy (non-hydrogen) atoms. The summed E-state index contributed by atoms with van der Waals surface area (Å²) in [5.41, 5.74) is 5.45. The monoisotopic (exact) mass is 297 g/mol. The molecule has 0 unspecified atom stereocenters. The fraction of sp³-hybridized carbons (Fsp3) is 0.176. The lowest BCUT2D eigenvalue weighted by atomic mass is 10.2. The molecule has 0 atom stereocenters. The van der Waals surface area contributed by atoms with Gasteiger partial charge >= 0.3 is 0 Å². The van der Waals surface area contributed by atoms with Gasteiger partial charge in [0.25, 0.3) is 5.91 Å². The van der Waals surface area contributed by atoms with Crippen molar-refractivity contribution < 1.29 is 9.53 Å². The molecule has 2 aromatic rings. The van der Waals surface area contributed by atoms with Gasteiger partial charge in [-0.05, 0) is 36.8 Å². The SMILES string of the molecule is COc1ccc(NCC(=O)NN=Cc2ccc(C)cc2)cc1. The van der Waals surface area contributed by atoms with Gasteiger partial charge < -0.3 is 10.1 Å². The van der Waals surface area contributed by atoms with Crippen LogP contribution in [-0.4, -0.2) is 25.8 Å². The molecule has 0 saturated carbocycles. The topological polar surface area (TPSA) is 62.7 Å². The lowest BCUT2D eigenvalue weighted by Crippen LogP contribution is -2.25. The third-order valence-corrected chi connectivity index (χ3v) is 3.02. The second kappa shape index (κ2) is 7.83. The number of anilines is 1. The van der Waals surface area contributed by atoms with E-state index in [1.807, 2.05) is 55.5 Å². The first-order chi connectivity index (χ1) is 10.7. The minimum atomic E-state index is -0.209. The summed E-state index contributed by atoms with van der Waals surface area (Å²) in [4.78, 5) is 11.7. The molecule has 114 valence electrons. The number of nitrogens with zero attached hydrogens (tertiary/aromatic N) is 1. The second-order valence-corrected chi connectivity index (χ2v) is 4.79. The third-order valence-electron chi connectivity index (χ3n) is 3.02. The van der Waals surface area contributed by atoms with Crippen LogP contribution >= 0.6 is 0 Å². The number of methoxy groups -OCH3 is 1. The Labute approximate surface area is 130 Å². The molecular formula is C17H19N3O2. The predicted octanol–water partition coefficient (Wildman–Crippen LogP) is 2.57. The van der Waals surface area contributed by atoms with Crippen molar-refractivity contribution in [3.8, 4) is 5.75 Å². The average molecular weight is 297 g/mol. The largest absolute Gasteiger partial charge is 0.497 e. The number of rotatable bonds is 6. The molecule has 0 aliphatic rings. The van der Waals surface area contributed by atoms with Crippen molar-refractivity contribution in [1.29, 1.82) is 0 Å². The lowest BCUT2D eigenvalue weighted by molar-refractivity contribution is -0.119. The highest BCUT2D eigenvalue weighted by Crippen LogP contribution is 2.14. The highest BCUT2D eigenvalue weighted by molar-refractivity contribution is 5.84. The van der Waals surface area contributed by atoms with Gasteiger partial charge in [-0.1, -0.05) is 29.8 Å². The summed E-state index contributed by atoms with van der Waals surface area (Å²) in [7, 11) is 1.61. The normalized spacial score (nSPS) is 10.5. The molecule has 0 aliphatic heterocycles. The summed E-state index contributed by atoms with van der Waals surface area (Å²) in [6.45, 7) is 2.17. The van der Waals surface area contributed by atoms with Crippen LogP contribution in [0.3, 0.4) is 0 Å². The zero-order valence-electron chi connectivity index (χ0n) is 12.7. The van der Waals surface area contributed by atoms with E-state index >= 15 is 0 Å². The number of nitrogens with one attached hydrogen (secondary N) is 2. The molecular weight excluding hydrogens is 278 g/mol. The fourth-order valence-corrected chi connectivity index (χ4v) is 1.76. The first-order valence-electron chi connectivity index (χ1n) is 6.94. The lowest BCUT2D eigenvalue weighted by Gasteiger charge is -2.06. The Hall–Kier alpha value is -2.82. The molecule has 0 spiro atoms. The van der Waals surface area contributed by atoms with Crippen molar-refractivity contribution >= 4 is 17.8 Å². The van der Waals surface area contributed by atoms with E-state index in [-0.39, 0.29) is 12.5 Å². The van der Waals surface area contributed by atoms with Gasteiger partial charge in [0.2, 0.25) is 0 Å². The maximum Gasteiger partial charge on any atom is 0.259 e. The number of hydrogen-bond donors (Lipinski definition) is 2. The summed E-state index contributed by atoms with van der Waals surface area (Å²) in [6, 6.07) is 15.2. The first-order valence-corrected chi connectivity index (χ1v) is 6.94. The Morgan fingerprint density at radius 1 is 1.14 bits per heavy atom. The van der Waals surface area contributed by atoms with Crippen molar-refractivity contribution in [1.82, 2.24) is 5.43 Å². The van der Waals surface area contributed by atoms with Gasteiger partial charge in [-0.3, -0.25) is 4.79 Å². The van der Waals surface area contributed by atoms with Gasteiger partial charge in [0, 0.05) is 5.69 Å². The molecule has 2 rings (SSSR count). The van der Waals surface area contributed by atoms with Crippen LogP contribution in [0.2, 0.25) is 0 Å². The minimum absolute atomic E-state index is 0.150. The number of hydrogen-bond acceptors (Lipinski definition) is 4. The van der Waals surface area contributed by atoms with Gasteiger partial charge in [-0.25, -0.2) is 5.43 Å².